The second-order valence-electron chi connectivity index (χ2n) is 3.06. The van der Waals surface area contributed by atoms with Crippen molar-refractivity contribution in [3.63, 3.8) is 0 Å². The standard InChI is InChI=1S/C9H9ClN4O3S/c10-5-2-1-4(13-8(17)7(12)16)9(14-5)18-3-6(11)15/h1-2H,3H2,(H2,11,15)(H2,12,16)(H,13,17). The average molecular weight is 289 g/mol. The van der Waals surface area contributed by atoms with Crippen LogP contribution in [0.4, 0.5) is 5.69 Å². The number of nitrogens with two attached hydrogens (primary N) is 2. The first-order valence-corrected chi connectivity index (χ1v) is 5.95. The third-order valence-electron chi connectivity index (χ3n) is 1.65. The normalized spacial score (nSPS) is 9.83. The van der Waals surface area contributed by atoms with E-state index in [1.807, 2.05) is 0 Å². The van der Waals surface area contributed by atoms with Gasteiger partial charge in [-0.3, -0.25) is 14.4 Å². The molecule has 1 aromatic rings. The van der Waals surface area contributed by atoms with Gasteiger partial charge < -0.3 is 16.8 Å². The van der Waals surface area contributed by atoms with Gasteiger partial charge in [0, 0.05) is 0 Å². The van der Waals surface area contributed by atoms with E-state index in [4.69, 9.17) is 23.1 Å². The number of rotatable bonds is 4. The lowest BCUT2D eigenvalue weighted by atomic mass is 10.4. The lowest BCUT2D eigenvalue weighted by Gasteiger charge is -2.08. The minimum atomic E-state index is -1.13. The van der Waals surface area contributed by atoms with Gasteiger partial charge in [0.2, 0.25) is 5.91 Å². The number of anilines is 1. The first-order chi connectivity index (χ1) is 8.40. The zero-order chi connectivity index (χ0) is 13.7. The Balaban J connectivity index is 2.92. The van der Waals surface area contributed by atoms with Crippen LogP contribution in [0.15, 0.2) is 17.2 Å². The minimum absolute atomic E-state index is 0.0349. The van der Waals surface area contributed by atoms with Crippen LogP contribution in [0.2, 0.25) is 5.15 Å². The van der Waals surface area contributed by atoms with E-state index in [-0.39, 0.29) is 21.6 Å². The van der Waals surface area contributed by atoms with Gasteiger partial charge in [-0.25, -0.2) is 4.98 Å². The summed E-state index contributed by atoms with van der Waals surface area (Å²) in [6.45, 7) is 0. The number of aromatic nitrogens is 1. The third kappa shape index (κ3) is 4.22. The molecule has 0 saturated heterocycles. The van der Waals surface area contributed by atoms with Crippen LogP contribution in [0.1, 0.15) is 0 Å². The highest BCUT2D eigenvalue weighted by molar-refractivity contribution is 8.00. The lowest BCUT2D eigenvalue weighted by Crippen LogP contribution is -2.29. The highest BCUT2D eigenvalue weighted by Crippen LogP contribution is 2.26. The van der Waals surface area contributed by atoms with Crippen molar-refractivity contribution in [2.45, 2.75) is 5.03 Å². The molecule has 0 saturated carbocycles. The molecule has 1 heterocycles. The quantitative estimate of drug-likeness (QED) is 0.399. The monoisotopic (exact) mass is 288 g/mol. The van der Waals surface area contributed by atoms with E-state index in [2.05, 4.69) is 10.3 Å². The van der Waals surface area contributed by atoms with Gasteiger partial charge in [-0.2, -0.15) is 0 Å². The van der Waals surface area contributed by atoms with E-state index in [1.165, 1.54) is 12.1 Å². The van der Waals surface area contributed by atoms with Crippen LogP contribution >= 0.6 is 23.4 Å². The Morgan fingerprint density at radius 3 is 2.56 bits per heavy atom. The molecule has 1 rings (SSSR count). The smallest absolute Gasteiger partial charge is 0.313 e. The number of halogens is 1. The van der Waals surface area contributed by atoms with Crippen LogP contribution in [0.3, 0.4) is 0 Å². The zero-order valence-corrected chi connectivity index (χ0v) is 10.5. The van der Waals surface area contributed by atoms with Crippen LogP contribution in [0, 0.1) is 0 Å². The maximum atomic E-state index is 11.1. The molecule has 7 nitrogen and oxygen atoms in total. The van der Waals surface area contributed by atoms with E-state index in [0.29, 0.717) is 0 Å². The number of carbonyl (C=O) groups is 3. The Morgan fingerprint density at radius 1 is 1.33 bits per heavy atom. The van der Waals surface area contributed by atoms with Crippen molar-refractivity contribution >= 4 is 46.8 Å². The molecule has 5 N–H and O–H groups in total. The Kier molecular flexibility index (Phi) is 4.93. The summed E-state index contributed by atoms with van der Waals surface area (Å²) in [5, 5.41) is 2.71. The molecule has 0 aliphatic rings. The molecular formula is C9H9ClN4O3S. The second kappa shape index (κ2) is 6.22. The number of thioether (sulfide) groups is 1. The predicted molar refractivity (Wildman–Crippen MR) is 67.0 cm³/mol. The number of hydrogen-bond donors (Lipinski definition) is 3. The van der Waals surface area contributed by atoms with E-state index in [9.17, 15) is 14.4 Å². The number of amides is 3. The van der Waals surface area contributed by atoms with Gasteiger partial charge in [-0.15, -0.1) is 0 Å². The van der Waals surface area contributed by atoms with Crippen molar-refractivity contribution in [3.05, 3.63) is 17.3 Å². The fourth-order valence-electron chi connectivity index (χ4n) is 0.946. The number of carbonyl (C=O) groups excluding carboxylic acids is 3. The van der Waals surface area contributed by atoms with Gasteiger partial charge >= 0.3 is 11.8 Å². The van der Waals surface area contributed by atoms with Crippen molar-refractivity contribution in [2.75, 3.05) is 11.1 Å². The number of nitrogens with zero attached hydrogens (tertiary/aromatic N) is 1. The Labute approximate surface area is 111 Å². The predicted octanol–water partition coefficient (Wildman–Crippen LogP) is -0.264. The highest BCUT2D eigenvalue weighted by atomic mass is 35.5. The molecule has 1 aromatic heterocycles. The molecule has 9 heteroatoms. The summed E-state index contributed by atoms with van der Waals surface area (Å²) in [6, 6.07) is 2.87. The lowest BCUT2D eigenvalue weighted by molar-refractivity contribution is -0.134. The molecule has 3 amide bonds. The summed E-state index contributed by atoms with van der Waals surface area (Å²) in [5.74, 6) is -2.70. The van der Waals surface area contributed by atoms with Crippen molar-refractivity contribution in [1.29, 1.82) is 0 Å². The SMILES string of the molecule is NC(=O)CSc1nc(Cl)ccc1NC(=O)C(N)=O. The van der Waals surface area contributed by atoms with Gasteiger partial charge in [0.15, 0.2) is 0 Å². The molecule has 0 unspecified atom stereocenters. The molecule has 0 bridgehead atoms. The molecule has 0 fully saturated rings. The minimum Gasteiger partial charge on any atom is -0.369 e. The molecule has 0 aliphatic heterocycles. The van der Waals surface area contributed by atoms with Crippen LogP contribution in [0.25, 0.3) is 0 Å². The third-order valence-corrected chi connectivity index (χ3v) is 2.87. The van der Waals surface area contributed by atoms with Gasteiger partial charge in [0.25, 0.3) is 0 Å². The van der Waals surface area contributed by atoms with Crippen molar-refractivity contribution in [3.8, 4) is 0 Å². The van der Waals surface area contributed by atoms with E-state index < -0.39 is 17.7 Å². The second-order valence-corrected chi connectivity index (χ2v) is 4.41. The first-order valence-electron chi connectivity index (χ1n) is 4.58. The molecular weight excluding hydrogens is 280 g/mol. The molecule has 96 valence electrons. The maximum Gasteiger partial charge on any atom is 0.313 e. The highest BCUT2D eigenvalue weighted by Gasteiger charge is 2.13. The molecule has 0 radical (unpaired) electrons. The van der Waals surface area contributed by atoms with E-state index >= 15 is 0 Å². The van der Waals surface area contributed by atoms with Gasteiger partial charge in [-0.05, 0) is 12.1 Å². The Hall–Kier alpha value is -1.80. The summed E-state index contributed by atoms with van der Waals surface area (Å²) >= 11 is 6.67. The van der Waals surface area contributed by atoms with Crippen LogP contribution < -0.4 is 16.8 Å². The maximum absolute atomic E-state index is 11.1. The summed E-state index contributed by atoms with van der Waals surface area (Å²) in [5.41, 5.74) is 10.0. The largest absolute Gasteiger partial charge is 0.369 e. The zero-order valence-electron chi connectivity index (χ0n) is 8.97. The van der Waals surface area contributed by atoms with Crippen molar-refractivity contribution < 1.29 is 14.4 Å². The van der Waals surface area contributed by atoms with Gasteiger partial charge in [0.1, 0.15) is 10.2 Å². The topological polar surface area (TPSA) is 128 Å². The fourth-order valence-corrected chi connectivity index (χ4v) is 1.86. The van der Waals surface area contributed by atoms with Crippen molar-refractivity contribution in [1.82, 2.24) is 4.98 Å². The molecule has 0 atom stereocenters. The van der Waals surface area contributed by atoms with Crippen LogP contribution in [-0.2, 0) is 14.4 Å². The first kappa shape index (κ1) is 14.3. The number of primary amides is 2. The molecule has 0 aromatic carbocycles. The van der Waals surface area contributed by atoms with E-state index in [1.54, 1.807) is 0 Å². The van der Waals surface area contributed by atoms with Crippen LogP contribution in [-0.4, -0.2) is 28.5 Å². The Morgan fingerprint density at radius 2 is 2.00 bits per heavy atom. The molecule has 0 aliphatic carbocycles. The van der Waals surface area contributed by atoms with Crippen LogP contribution in [0.5, 0.6) is 0 Å². The molecule has 0 spiro atoms. The number of hydrogen-bond acceptors (Lipinski definition) is 5. The van der Waals surface area contributed by atoms with E-state index in [0.717, 1.165) is 11.8 Å². The van der Waals surface area contributed by atoms with Gasteiger partial charge in [0.05, 0.1) is 11.4 Å². The van der Waals surface area contributed by atoms with Gasteiger partial charge in [-0.1, -0.05) is 23.4 Å². The number of nitrogens with one attached hydrogen (secondary N) is 1. The molecule has 18 heavy (non-hydrogen) atoms. The fraction of sp³-hybridized carbons (Fsp3) is 0.111. The van der Waals surface area contributed by atoms with Crippen molar-refractivity contribution in [2.24, 2.45) is 11.5 Å². The summed E-state index contributed by atoms with van der Waals surface area (Å²) in [6.07, 6.45) is 0. The summed E-state index contributed by atoms with van der Waals surface area (Å²) in [4.78, 5) is 36.4. The Bertz CT molecular complexity index is 509. The summed E-state index contributed by atoms with van der Waals surface area (Å²) < 4.78 is 0. The average Bonchev–Trinajstić information content (AvgIpc) is 2.29. The summed E-state index contributed by atoms with van der Waals surface area (Å²) in [7, 11) is 0. The number of pyridine rings is 1.